The number of hydrogen-bond donors (Lipinski definition) is 1. The molecule has 1 fully saturated rings. The van der Waals surface area contributed by atoms with Crippen molar-refractivity contribution in [1.29, 1.82) is 0 Å². The summed E-state index contributed by atoms with van der Waals surface area (Å²) in [7, 11) is 3.39. The van der Waals surface area contributed by atoms with Crippen LogP contribution in [0.4, 0.5) is 0 Å². The van der Waals surface area contributed by atoms with Gasteiger partial charge in [-0.2, -0.15) is 5.10 Å². The molecule has 1 N–H and O–H groups in total. The summed E-state index contributed by atoms with van der Waals surface area (Å²) in [6, 6.07) is 0.0551. The summed E-state index contributed by atoms with van der Waals surface area (Å²) in [5.74, 6) is 0.815. The van der Waals surface area contributed by atoms with E-state index in [2.05, 4.69) is 15.6 Å². The van der Waals surface area contributed by atoms with Crippen LogP contribution in [0.5, 0.6) is 0 Å². The molecule has 0 aromatic carbocycles. The summed E-state index contributed by atoms with van der Waals surface area (Å²) in [5, 5.41) is 11.2. The Morgan fingerprint density at radius 1 is 1.38 bits per heavy atom. The maximum Gasteiger partial charge on any atom is 0.345 e. The van der Waals surface area contributed by atoms with Gasteiger partial charge in [-0.1, -0.05) is 18.0 Å². The quantitative estimate of drug-likeness (QED) is 0.899. The fourth-order valence-corrected chi connectivity index (χ4v) is 3.41. The standard InChI is InChI=1S/C16H23N5O3/c1-10-9-24-19-14(10)15(22)17-12-7-5-4-6-11(12)8-13-18-21(3)16(23)20(13)2/h9,11-12H,4-8H2,1-3H3,(H,17,22)/t11-,12-/m1/s1. The lowest BCUT2D eigenvalue weighted by Gasteiger charge is -2.31. The van der Waals surface area contributed by atoms with E-state index in [0.29, 0.717) is 12.1 Å². The van der Waals surface area contributed by atoms with Gasteiger partial charge < -0.3 is 9.84 Å². The number of hydrogen-bond acceptors (Lipinski definition) is 5. The van der Waals surface area contributed by atoms with Crippen molar-refractivity contribution in [2.75, 3.05) is 0 Å². The van der Waals surface area contributed by atoms with Crippen LogP contribution in [-0.2, 0) is 20.5 Å². The molecule has 0 radical (unpaired) electrons. The van der Waals surface area contributed by atoms with Crippen molar-refractivity contribution >= 4 is 5.91 Å². The van der Waals surface area contributed by atoms with Gasteiger partial charge in [-0.25, -0.2) is 9.48 Å². The summed E-state index contributed by atoms with van der Waals surface area (Å²) in [6.45, 7) is 1.80. The molecule has 0 unspecified atom stereocenters. The molecule has 0 bridgehead atoms. The Hall–Kier alpha value is -2.38. The lowest BCUT2D eigenvalue weighted by molar-refractivity contribution is 0.0895. The van der Waals surface area contributed by atoms with E-state index in [1.54, 1.807) is 25.6 Å². The number of rotatable bonds is 4. The first-order valence-electron chi connectivity index (χ1n) is 8.28. The second-order valence-electron chi connectivity index (χ2n) is 6.56. The number of carbonyl (C=O) groups is 1. The number of aromatic nitrogens is 4. The van der Waals surface area contributed by atoms with Gasteiger partial charge in [-0.15, -0.1) is 0 Å². The van der Waals surface area contributed by atoms with Crippen molar-refractivity contribution in [1.82, 2.24) is 24.8 Å². The van der Waals surface area contributed by atoms with E-state index >= 15 is 0 Å². The summed E-state index contributed by atoms with van der Waals surface area (Å²) in [6.07, 6.45) is 6.29. The lowest BCUT2D eigenvalue weighted by Crippen LogP contribution is -2.43. The first-order valence-corrected chi connectivity index (χ1v) is 8.28. The lowest BCUT2D eigenvalue weighted by atomic mass is 9.82. The minimum Gasteiger partial charge on any atom is -0.364 e. The molecule has 8 nitrogen and oxygen atoms in total. The molecule has 2 atom stereocenters. The average Bonchev–Trinajstić information content (AvgIpc) is 3.09. The van der Waals surface area contributed by atoms with Crippen LogP contribution in [-0.4, -0.2) is 31.5 Å². The zero-order chi connectivity index (χ0) is 17.3. The molecule has 2 heterocycles. The Morgan fingerprint density at radius 2 is 2.12 bits per heavy atom. The second kappa shape index (κ2) is 6.62. The normalized spacial score (nSPS) is 21.0. The fraction of sp³-hybridized carbons (Fsp3) is 0.625. The fourth-order valence-electron chi connectivity index (χ4n) is 3.41. The Balaban J connectivity index is 1.73. The van der Waals surface area contributed by atoms with Gasteiger partial charge >= 0.3 is 5.69 Å². The van der Waals surface area contributed by atoms with E-state index in [1.807, 2.05) is 0 Å². The third-order valence-electron chi connectivity index (χ3n) is 4.85. The first-order chi connectivity index (χ1) is 11.5. The molecule has 1 aliphatic rings. The van der Waals surface area contributed by atoms with Crippen molar-refractivity contribution in [3.05, 3.63) is 33.8 Å². The third kappa shape index (κ3) is 3.13. The highest BCUT2D eigenvalue weighted by atomic mass is 16.5. The van der Waals surface area contributed by atoms with Crippen molar-refractivity contribution in [3.8, 4) is 0 Å². The van der Waals surface area contributed by atoms with E-state index in [9.17, 15) is 9.59 Å². The maximum atomic E-state index is 12.4. The minimum absolute atomic E-state index is 0.0551. The van der Waals surface area contributed by atoms with Crippen LogP contribution in [0.25, 0.3) is 0 Å². The van der Waals surface area contributed by atoms with Crippen molar-refractivity contribution in [2.45, 2.75) is 45.1 Å². The monoisotopic (exact) mass is 333 g/mol. The number of carbonyl (C=O) groups excluding carboxylic acids is 1. The maximum absolute atomic E-state index is 12.4. The molecular weight excluding hydrogens is 310 g/mol. The van der Waals surface area contributed by atoms with Crippen molar-refractivity contribution in [2.24, 2.45) is 20.0 Å². The zero-order valence-electron chi connectivity index (χ0n) is 14.3. The van der Waals surface area contributed by atoms with Crippen LogP contribution in [0.2, 0.25) is 0 Å². The van der Waals surface area contributed by atoms with E-state index < -0.39 is 0 Å². The summed E-state index contributed by atoms with van der Waals surface area (Å²) in [4.78, 5) is 24.3. The predicted octanol–water partition coefficient (Wildman–Crippen LogP) is 0.947. The molecule has 24 heavy (non-hydrogen) atoms. The van der Waals surface area contributed by atoms with Gasteiger partial charge in [0, 0.05) is 32.1 Å². The molecule has 1 amide bonds. The van der Waals surface area contributed by atoms with Gasteiger partial charge in [0.05, 0.1) is 0 Å². The number of amides is 1. The topological polar surface area (TPSA) is 95.0 Å². The molecule has 0 aliphatic heterocycles. The van der Waals surface area contributed by atoms with Crippen molar-refractivity contribution < 1.29 is 9.32 Å². The Kier molecular flexibility index (Phi) is 4.55. The highest BCUT2D eigenvalue weighted by molar-refractivity contribution is 5.93. The smallest absolute Gasteiger partial charge is 0.345 e. The molecule has 1 aliphatic carbocycles. The van der Waals surface area contributed by atoms with Gasteiger partial charge in [0.1, 0.15) is 12.1 Å². The summed E-state index contributed by atoms with van der Waals surface area (Å²) >= 11 is 0. The van der Waals surface area contributed by atoms with E-state index in [-0.39, 0.29) is 23.6 Å². The van der Waals surface area contributed by atoms with E-state index in [1.165, 1.54) is 10.9 Å². The molecule has 3 rings (SSSR count). The van der Waals surface area contributed by atoms with Crippen LogP contribution >= 0.6 is 0 Å². The van der Waals surface area contributed by atoms with Crippen LogP contribution < -0.4 is 11.0 Å². The molecule has 0 saturated heterocycles. The van der Waals surface area contributed by atoms with Gasteiger partial charge in [-0.05, 0) is 25.7 Å². The molecule has 1 saturated carbocycles. The zero-order valence-corrected chi connectivity index (χ0v) is 14.3. The molecule has 130 valence electrons. The third-order valence-corrected chi connectivity index (χ3v) is 4.85. The van der Waals surface area contributed by atoms with Gasteiger partial charge in [0.15, 0.2) is 5.69 Å². The van der Waals surface area contributed by atoms with Crippen LogP contribution in [0, 0.1) is 12.8 Å². The van der Waals surface area contributed by atoms with Crippen LogP contribution in [0.3, 0.4) is 0 Å². The van der Waals surface area contributed by atoms with E-state index in [4.69, 9.17) is 4.52 Å². The minimum atomic E-state index is -0.201. The SMILES string of the molecule is Cc1conc1C(=O)N[C@@H]1CCCC[C@@H]1Cc1nn(C)c(=O)n1C. The van der Waals surface area contributed by atoms with Gasteiger partial charge in [-0.3, -0.25) is 9.36 Å². The van der Waals surface area contributed by atoms with E-state index in [0.717, 1.165) is 37.1 Å². The number of nitrogens with one attached hydrogen (secondary N) is 1. The summed E-state index contributed by atoms with van der Waals surface area (Å²) in [5.41, 5.74) is 0.941. The highest BCUT2D eigenvalue weighted by Crippen LogP contribution is 2.27. The predicted molar refractivity (Wildman–Crippen MR) is 86.6 cm³/mol. The Morgan fingerprint density at radius 3 is 2.75 bits per heavy atom. The molecule has 0 spiro atoms. The average molecular weight is 333 g/mol. The van der Waals surface area contributed by atoms with Crippen LogP contribution in [0.15, 0.2) is 15.6 Å². The Labute approximate surface area is 139 Å². The molecule has 2 aromatic heterocycles. The molecular formula is C16H23N5O3. The molecule has 2 aromatic rings. The van der Waals surface area contributed by atoms with Crippen LogP contribution in [0.1, 0.15) is 47.6 Å². The molecule has 8 heteroatoms. The number of nitrogens with zero attached hydrogens (tertiary/aromatic N) is 4. The van der Waals surface area contributed by atoms with Gasteiger partial charge in [0.25, 0.3) is 5.91 Å². The van der Waals surface area contributed by atoms with Crippen molar-refractivity contribution in [3.63, 3.8) is 0 Å². The largest absolute Gasteiger partial charge is 0.364 e. The second-order valence-corrected chi connectivity index (χ2v) is 6.56. The first kappa shape index (κ1) is 16.5. The highest BCUT2D eigenvalue weighted by Gasteiger charge is 2.29. The Bertz CT molecular complexity index is 788. The number of aryl methyl sites for hydroxylation is 2. The summed E-state index contributed by atoms with van der Waals surface area (Å²) < 4.78 is 7.78. The van der Waals surface area contributed by atoms with Gasteiger partial charge in [0.2, 0.25) is 0 Å².